The maximum atomic E-state index is 13.7. The number of ether oxygens (including phenoxy) is 5. The molecule has 2 aliphatic heterocycles. The highest BCUT2D eigenvalue weighted by molar-refractivity contribution is 6.38. The summed E-state index contributed by atoms with van der Waals surface area (Å²) >= 11 is 0. The first-order valence-electron chi connectivity index (χ1n) is 21.4. The second-order valence-corrected chi connectivity index (χ2v) is 17.5. The Balaban J connectivity index is 1.68. The van der Waals surface area contributed by atoms with Gasteiger partial charge in [-0.05, 0) is 102 Å². The summed E-state index contributed by atoms with van der Waals surface area (Å²) in [6, 6.07) is -0.0985. The minimum absolute atomic E-state index is 0.0177. The number of ketones is 2. The first-order chi connectivity index (χ1) is 27.4. The Bertz CT molecular complexity index is 1400. The molecule has 0 radical (unpaired) electrons. The van der Waals surface area contributed by atoms with Crippen LogP contribution in [0.25, 0.3) is 0 Å². The first kappa shape index (κ1) is 50.0. The normalized spacial score (nSPS) is 31.8. The maximum absolute atomic E-state index is 13.7. The fourth-order valence-corrected chi connectivity index (χ4v) is 9.36. The lowest BCUT2D eigenvalue weighted by molar-refractivity contribution is -0.302. The Labute approximate surface area is 347 Å². The van der Waals surface area contributed by atoms with Crippen molar-refractivity contribution in [1.29, 1.82) is 0 Å². The van der Waals surface area contributed by atoms with Gasteiger partial charge >= 0.3 is 0 Å². The Hall–Kier alpha value is -2.33. The van der Waals surface area contributed by atoms with E-state index in [-0.39, 0.29) is 42.6 Å². The predicted octanol–water partition coefficient (Wildman–Crippen LogP) is 5.07. The number of Topliss-reactive ketones (excluding diaryl/α,β-unsaturated/α-hetero) is 2. The number of likely N-dealkylation sites (tertiary alicyclic amines) is 1. The third-order valence-corrected chi connectivity index (χ3v) is 12.9. The van der Waals surface area contributed by atoms with E-state index in [1.165, 1.54) is 0 Å². The van der Waals surface area contributed by atoms with Crippen LogP contribution in [0.4, 0.5) is 0 Å². The molecule has 332 valence electrons. The molecule has 0 bridgehead atoms. The fraction of sp³-hybridized carbons (Fsp3) is 0.800. The zero-order chi connectivity index (χ0) is 43.3. The van der Waals surface area contributed by atoms with Gasteiger partial charge < -0.3 is 49.0 Å². The van der Waals surface area contributed by atoms with E-state index in [0.29, 0.717) is 38.6 Å². The van der Waals surface area contributed by atoms with E-state index in [0.717, 1.165) is 36.8 Å². The minimum atomic E-state index is -2.32. The van der Waals surface area contributed by atoms with Crippen LogP contribution in [-0.4, -0.2) is 132 Å². The Morgan fingerprint density at radius 2 is 1.69 bits per heavy atom. The molecule has 13 nitrogen and oxygen atoms in total. The van der Waals surface area contributed by atoms with Crippen LogP contribution in [0.5, 0.6) is 0 Å². The molecule has 0 aromatic carbocycles. The summed E-state index contributed by atoms with van der Waals surface area (Å²) in [4.78, 5) is 42.3. The van der Waals surface area contributed by atoms with Gasteiger partial charge in [-0.3, -0.25) is 14.4 Å². The molecule has 3 fully saturated rings. The van der Waals surface area contributed by atoms with E-state index < -0.39 is 78.6 Å². The molecule has 14 atom stereocenters. The number of aliphatic hydroxyl groups excluding tert-OH is 3. The molecule has 0 aromatic heterocycles. The number of hydrogen-bond donors (Lipinski definition) is 4. The second-order valence-electron chi connectivity index (χ2n) is 17.5. The lowest BCUT2D eigenvalue weighted by atomic mass is 9.81. The first-order valence-corrected chi connectivity index (χ1v) is 21.4. The Morgan fingerprint density at radius 1 is 1.00 bits per heavy atom. The van der Waals surface area contributed by atoms with Crippen LogP contribution >= 0.6 is 0 Å². The van der Waals surface area contributed by atoms with Gasteiger partial charge in [-0.25, -0.2) is 0 Å². The number of methoxy groups -OCH3 is 3. The van der Waals surface area contributed by atoms with Gasteiger partial charge in [0.05, 0.1) is 36.6 Å². The molecule has 13 unspecified atom stereocenters. The van der Waals surface area contributed by atoms with Crippen LogP contribution in [0.3, 0.4) is 0 Å². The predicted molar refractivity (Wildman–Crippen MR) is 220 cm³/mol. The number of nitrogens with zero attached hydrogens (tertiary/aromatic N) is 1. The molecule has 1 aliphatic carbocycles. The van der Waals surface area contributed by atoms with Crippen molar-refractivity contribution in [3.05, 3.63) is 36.0 Å². The van der Waals surface area contributed by atoms with Crippen LogP contribution in [-0.2, 0) is 38.1 Å². The third-order valence-electron chi connectivity index (χ3n) is 12.9. The van der Waals surface area contributed by atoms with Gasteiger partial charge in [0.25, 0.3) is 11.7 Å². The lowest BCUT2D eigenvalue weighted by Gasteiger charge is -2.47. The third kappa shape index (κ3) is 13.1. The van der Waals surface area contributed by atoms with Gasteiger partial charge in [0.1, 0.15) is 18.7 Å². The zero-order valence-corrected chi connectivity index (χ0v) is 36.6. The van der Waals surface area contributed by atoms with Crippen molar-refractivity contribution in [2.75, 3.05) is 34.7 Å². The van der Waals surface area contributed by atoms with E-state index in [9.17, 15) is 34.8 Å². The summed E-state index contributed by atoms with van der Waals surface area (Å²) in [6.45, 7) is 15.1. The second kappa shape index (κ2) is 23.6. The van der Waals surface area contributed by atoms with Gasteiger partial charge in [0, 0.05) is 58.1 Å². The number of hydrogen-bond acceptors (Lipinski definition) is 12. The van der Waals surface area contributed by atoms with Crippen LogP contribution < -0.4 is 0 Å². The van der Waals surface area contributed by atoms with Crippen molar-refractivity contribution in [3.8, 4) is 0 Å². The molecule has 0 spiro atoms. The van der Waals surface area contributed by atoms with Gasteiger partial charge in [0.15, 0.2) is 0 Å². The van der Waals surface area contributed by atoms with Crippen molar-refractivity contribution < 1.29 is 58.5 Å². The topological polar surface area (TPSA) is 182 Å². The summed E-state index contributed by atoms with van der Waals surface area (Å²) in [5, 5.41) is 43.0. The highest BCUT2D eigenvalue weighted by Crippen LogP contribution is 2.39. The average molecular weight is 822 g/mol. The summed E-state index contributed by atoms with van der Waals surface area (Å²) in [6.07, 6.45) is 7.66. The molecular weight excluding hydrogens is 746 g/mol. The average Bonchev–Trinajstić information content (AvgIpc) is 3.19. The number of aliphatic hydroxyl groups is 4. The minimum Gasteiger partial charge on any atom is -0.392 e. The number of carbonyl (C=O) groups excluding carboxylic acids is 3. The van der Waals surface area contributed by atoms with E-state index in [2.05, 4.69) is 12.7 Å². The number of piperidine rings is 1. The number of allylic oxidation sites excluding steroid dienone is 4. The van der Waals surface area contributed by atoms with Gasteiger partial charge in [-0.2, -0.15) is 0 Å². The van der Waals surface area contributed by atoms with Gasteiger partial charge in [-0.1, -0.05) is 44.6 Å². The molecule has 1 amide bonds. The van der Waals surface area contributed by atoms with E-state index in [4.69, 9.17) is 23.7 Å². The molecule has 2 saturated heterocycles. The summed E-state index contributed by atoms with van der Waals surface area (Å²) in [5.41, 5.74) is 1.81. The van der Waals surface area contributed by atoms with Crippen LogP contribution in [0.1, 0.15) is 112 Å². The molecule has 1 saturated carbocycles. The van der Waals surface area contributed by atoms with Crippen molar-refractivity contribution in [3.63, 3.8) is 0 Å². The SMILES string of the molecule is C=CCC(/C=C(/C)CC(C)C[C@H](OC)C1OC(O)(C(=O)C(=O)N2CCCCC2C)C(C)CC1OC)C(=O)CC(O)C(C)C(OCO)/C(C)=C/C1CCC(O)C(OC)C1. The number of carbonyl (C=O) groups is 3. The van der Waals surface area contributed by atoms with Crippen LogP contribution in [0, 0.1) is 29.6 Å². The highest BCUT2D eigenvalue weighted by Gasteiger charge is 2.56. The summed E-state index contributed by atoms with van der Waals surface area (Å²) in [5.74, 6) is -5.69. The number of amides is 1. The summed E-state index contributed by atoms with van der Waals surface area (Å²) < 4.78 is 29.1. The Kier molecular flexibility index (Phi) is 20.4. The molecule has 58 heavy (non-hydrogen) atoms. The van der Waals surface area contributed by atoms with Crippen molar-refractivity contribution in [1.82, 2.24) is 4.90 Å². The smallest absolute Gasteiger partial charge is 0.296 e. The highest BCUT2D eigenvalue weighted by atomic mass is 16.7. The Morgan fingerprint density at radius 3 is 2.29 bits per heavy atom. The number of rotatable bonds is 22. The van der Waals surface area contributed by atoms with Crippen molar-refractivity contribution >= 4 is 17.5 Å². The van der Waals surface area contributed by atoms with E-state index in [1.807, 2.05) is 40.7 Å². The van der Waals surface area contributed by atoms with E-state index >= 15 is 0 Å². The monoisotopic (exact) mass is 822 g/mol. The molecule has 3 aliphatic rings. The van der Waals surface area contributed by atoms with E-state index in [1.54, 1.807) is 39.2 Å². The molecule has 0 aromatic rings. The maximum Gasteiger partial charge on any atom is 0.296 e. The van der Waals surface area contributed by atoms with Crippen LogP contribution in [0.2, 0.25) is 0 Å². The molecule has 3 rings (SSSR count). The fourth-order valence-electron chi connectivity index (χ4n) is 9.36. The van der Waals surface area contributed by atoms with Gasteiger partial charge in [-0.15, -0.1) is 6.58 Å². The molecular formula is C45H75NO12. The van der Waals surface area contributed by atoms with Crippen LogP contribution in [0.15, 0.2) is 36.0 Å². The largest absolute Gasteiger partial charge is 0.392 e. The molecule has 13 heteroatoms. The van der Waals surface area contributed by atoms with Gasteiger partial charge in [0.2, 0.25) is 5.79 Å². The summed E-state index contributed by atoms with van der Waals surface area (Å²) in [7, 11) is 4.69. The quantitative estimate of drug-likeness (QED) is 0.0648. The standard InChI is InChI=1S/C45H75NO12/c1-11-14-34(37(50)25-36(49)32(7)41(57-26-47)29(4)22-33-16-17-35(48)38(24-33)54-8)20-27(2)19-28(3)21-39(55-9)42-40(56-10)23-30(5)45(53,58-42)43(51)44(52)46-18-13-12-15-31(46)6/h11,20,22,28,30-36,38-42,47-49,53H,1,12-19,21,23-26H2,2-10H3/b27-20-,29-22+/t28?,30?,31?,32?,33?,34?,35?,36?,38?,39-,40?,41?,42?,45?/m0/s1. The van der Waals surface area contributed by atoms with Crippen molar-refractivity contribution in [2.24, 2.45) is 29.6 Å². The lowest BCUT2D eigenvalue weighted by Crippen LogP contribution is -2.64. The molecule has 2 heterocycles. The zero-order valence-electron chi connectivity index (χ0n) is 36.6. The molecule has 4 N–H and O–H groups in total. The van der Waals surface area contributed by atoms with Crippen molar-refractivity contribution in [2.45, 2.75) is 167 Å².